The van der Waals surface area contributed by atoms with E-state index in [0.717, 1.165) is 29.6 Å². The van der Waals surface area contributed by atoms with E-state index >= 15 is 0 Å². The zero-order chi connectivity index (χ0) is 13.0. The largest absolute Gasteiger partial charge is 0.387 e. The lowest BCUT2D eigenvalue weighted by Gasteiger charge is -2.17. The first-order chi connectivity index (χ1) is 8.72. The van der Waals surface area contributed by atoms with Gasteiger partial charge in [-0.05, 0) is 28.8 Å². The van der Waals surface area contributed by atoms with Gasteiger partial charge in [-0.25, -0.2) is 0 Å². The van der Waals surface area contributed by atoms with Crippen LogP contribution in [0.5, 0.6) is 0 Å². The number of nitrogens with zero attached hydrogens (tertiary/aromatic N) is 2. The minimum absolute atomic E-state index is 0.165. The van der Waals surface area contributed by atoms with Crippen molar-refractivity contribution >= 4 is 15.9 Å². The lowest BCUT2D eigenvalue weighted by molar-refractivity contribution is 0.0491. The molecular formula is C12H19BrN2O3. The summed E-state index contributed by atoms with van der Waals surface area (Å²) in [5, 5.41) is 14.6. The molecule has 2 rings (SSSR count). The highest BCUT2D eigenvalue weighted by atomic mass is 79.9. The van der Waals surface area contributed by atoms with Gasteiger partial charge in [-0.3, -0.25) is 4.68 Å². The zero-order valence-electron chi connectivity index (χ0n) is 10.5. The van der Waals surface area contributed by atoms with Gasteiger partial charge >= 0.3 is 0 Å². The molecule has 0 aliphatic carbocycles. The van der Waals surface area contributed by atoms with E-state index < -0.39 is 6.10 Å². The Balaban J connectivity index is 2.02. The van der Waals surface area contributed by atoms with Gasteiger partial charge in [0.05, 0.1) is 41.7 Å². The molecule has 0 saturated carbocycles. The molecule has 6 heteroatoms. The third kappa shape index (κ3) is 3.32. The lowest BCUT2D eigenvalue weighted by Crippen LogP contribution is -2.17. The lowest BCUT2D eigenvalue weighted by atomic mass is 10.1. The van der Waals surface area contributed by atoms with Crippen molar-refractivity contribution in [1.29, 1.82) is 0 Å². The molecule has 0 aromatic carbocycles. The van der Waals surface area contributed by atoms with Gasteiger partial charge in [-0.1, -0.05) is 0 Å². The highest BCUT2D eigenvalue weighted by Gasteiger charge is 2.24. The summed E-state index contributed by atoms with van der Waals surface area (Å²) < 4.78 is 13.2. The van der Waals surface area contributed by atoms with E-state index in [1.54, 1.807) is 18.0 Å². The molecule has 1 fully saturated rings. The molecule has 1 aliphatic rings. The van der Waals surface area contributed by atoms with Gasteiger partial charge < -0.3 is 14.6 Å². The Morgan fingerprint density at radius 1 is 1.72 bits per heavy atom. The van der Waals surface area contributed by atoms with Gasteiger partial charge in [-0.15, -0.1) is 0 Å². The van der Waals surface area contributed by atoms with Crippen molar-refractivity contribution < 1.29 is 14.6 Å². The summed E-state index contributed by atoms with van der Waals surface area (Å²) in [6.45, 7) is 2.02. The number of aliphatic hydroxyl groups excluding tert-OH is 1. The van der Waals surface area contributed by atoms with Crippen LogP contribution in [0.25, 0.3) is 0 Å². The summed E-state index contributed by atoms with van der Waals surface area (Å²) in [5.41, 5.74) is 0.808. The van der Waals surface area contributed by atoms with Crippen LogP contribution >= 0.6 is 15.9 Å². The predicted molar refractivity (Wildman–Crippen MR) is 70.4 cm³/mol. The fourth-order valence-electron chi connectivity index (χ4n) is 2.25. The van der Waals surface area contributed by atoms with Gasteiger partial charge in [0.1, 0.15) is 0 Å². The molecular weight excluding hydrogens is 300 g/mol. The molecule has 0 spiro atoms. The van der Waals surface area contributed by atoms with Crippen LogP contribution in [-0.4, -0.2) is 41.3 Å². The summed E-state index contributed by atoms with van der Waals surface area (Å²) in [6, 6.07) is 0. The highest BCUT2D eigenvalue weighted by molar-refractivity contribution is 9.10. The van der Waals surface area contributed by atoms with E-state index in [9.17, 15) is 5.11 Å². The Kier molecular flexibility index (Phi) is 5.17. The van der Waals surface area contributed by atoms with Crippen molar-refractivity contribution in [3.63, 3.8) is 0 Å². The average Bonchev–Trinajstić information content (AvgIpc) is 2.96. The quantitative estimate of drug-likeness (QED) is 0.870. The fraction of sp³-hybridized carbons (Fsp3) is 0.750. The Morgan fingerprint density at radius 3 is 3.22 bits per heavy atom. The van der Waals surface area contributed by atoms with Gasteiger partial charge in [-0.2, -0.15) is 5.10 Å². The first kappa shape index (κ1) is 14.0. The molecule has 1 aromatic heterocycles. The average molecular weight is 319 g/mol. The Hall–Kier alpha value is -0.430. The Bertz CT molecular complexity index is 377. The van der Waals surface area contributed by atoms with Crippen LogP contribution < -0.4 is 0 Å². The minimum atomic E-state index is -0.554. The number of aliphatic hydroxyl groups is 1. The summed E-state index contributed by atoms with van der Waals surface area (Å²) in [6.07, 6.45) is 4.06. The molecule has 0 amide bonds. The van der Waals surface area contributed by atoms with Crippen molar-refractivity contribution in [3.8, 4) is 0 Å². The number of rotatable bonds is 6. The first-order valence-corrected chi connectivity index (χ1v) is 7.01. The summed E-state index contributed by atoms with van der Waals surface area (Å²) >= 11 is 3.43. The van der Waals surface area contributed by atoms with E-state index in [2.05, 4.69) is 21.0 Å². The van der Waals surface area contributed by atoms with Crippen molar-refractivity contribution in [2.24, 2.45) is 0 Å². The van der Waals surface area contributed by atoms with E-state index in [1.807, 2.05) is 0 Å². The number of halogens is 1. The Labute approximate surface area is 115 Å². The SMILES string of the molecule is COCCn1ncc(Br)c1C(O)CC1CCCO1. The number of hydrogen-bond donors (Lipinski definition) is 1. The van der Waals surface area contributed by atoms with Crippen LogP contribution in [0.3, 0.4) is 0 Å². The van der Waals surface area contributed by atoms with Gasteiger partial charge in [0.25, 0.3) is 0 Å². The van der Waals surface area contributed by atoms with E-state index in [4.69, 9.17) is 9.47 Å². The van der Waals surface area contributed by atoms with Crippen molar-refractivity contribution in [3.05, 3.63) is 16.4 Å². The molecule has 2 heterocycles. The molecule has 0 bridgehead atoms. The number of ether oxygens (including phenoxy) is 2. The van der Waals surface area contributed by atoms with Gasteiger partial charge in [0.2, 0.25) is 0 Å². The van der Waals surface area contributed by atoms with Gasteiger partial charge in [0.15, 0.2) is 0 Å². The predicted octanol–water partition coefficient (Wildman–Crippen LogP) is 1.89. The monoisotopic (exact) mass is 318 g/mol. The molecule has 1 saturated heterocycles. The van der Waals surface area contributed by atoms with E-state index in [-0.39, 0.29) is 6.10 Å². The molecule has 5 nitrogen and oxygen atoms in total. The molecule has 0 radical (unpaired) electrons. The molecule has 1 N–H and O–H groups in total. The normalized spacial score (nSPS) is 21.4. The third-order valence-corrected chi connectivity index (χ3v) is 3.78. The second-order valence-electron chi connectivity index (χ2n) is 4.48. The van der Waals surface area contributed by atoms with Gasteiger partial charge in [0, 0.05) is 20.1 Å². The van der Waals surface area contributed by atoms with E-state index in [1.165, 1.54) is 0 Å². The first-order valence-electron chi connectivity index (χ1n) is 6.22. The minimum Gasteiger partial charge on any atom is -0.387 e. The van der Waals surface area contributed by atoms with Crippen LogP contribution in [0.2, 0.25) is 0 Å². The van der Waals surface area contributed by atoms with Crippen molar-refractivity contribution in [2.75, 3.05) is 20.3 Å². The van der Waals surface area contributed by atoms with E-state index in [0.29, 0.717) is 19.6 Å². The van der Waals surface area contributed by atoms with Crippen LogP contribution in [-0.2, 0) is 16.0 Å². The molecule has 1 aromatic rings. The standard InChI is InChI=1S/C12H19BrN2O3/c1-17-6-4-15-12(10(13)8-14-15)11(16)7-9-3-2-5-18-9/h8-9,11,16H,2-7H2,1H3. The molecule has 1 aliphatic heterocycles. The van der Waals surface area contributed by atoms with Crippen LogP contribution in [0.4, 0.5) is 0 Å². The van der Waals surface area contributed by atoms with Crippen LogP contribution in [0.1, 0.15) is 31.1 Å². The molecule has 2 atom stereocenters. The summed E-state index contributed by atoms with van der Waals surface area (Å²) in [7, 11) is 1.65. The molecule has 102 valence electrons. The fourth-order valence-corrected chi connectivity index (χ4v) is 2.81. The summed E-state index contributed by atoms with van der Waals surface area (Å²) in [5.74, 6) is 0. The number of hydrogen-bond acceptors (Lipinski definition) is 4. The van der Waals surface area contributed by atoms with Crippen LogP contribution in [0, 0.1) is 0 Å². The zero-order valence-corrected chi connectivity index (χ0v) is 12.1. The van der Waals surface area contributed by atoms with Crippen LogP contribution in [0.15, 0.2) is 10.7 Å². The number of methoxy groups -OCH3 is 1. The third-order valence-electron chi connectivity index (χ3n) is 3.17. The van der Waals surface area contributed by atoms with Crippen molar-refractivity contribution in [1.82, 2.24) is 9.78 Å². The number of aromatic nitrogens is 2. The summed E-state index contributed by atoms with van der Waals surface area (Å²) in [4.78, 5) is 0. The Morgan fingerprint density at radius 2 is 2.56 bits per heavy atom. The van der Waals surface area contributed by atoms with Crippen molar-refractivity contribution in [2.45, 2.75) is 38.0 Å². The molecule has 2 unspecified atom stereocenters. The maximum atomic E-state index is 10.3. The molecule has 18 heavy (non-hydrogen) atoms. The second-order valence-corrected chi connectivity index (χ2v) is 5.33. The topological polar surface area (TPSA) is 56.5 Å². The highest BCUT2D eigenvalue weighted by Crippen LogP contribution is 2.29. The smallest absolute Gasteiger partial charge is 0.0992 e. The second kappa shape index (κ2) is 6.65. The maximum absolute atomic E-state index is 10.3. The maximum Gasteiger partial charge on any atom is 0.0992 e.